The van der Waals surface area contributed by atoms with E-state index in [0.29, 0.717) is 51.1 Å². The van der Waals surface area contributed by atoms with Crippen LogP contribution in [0.2, 0.25) is 5.02 Å². The number of hydrogen-bond acceptors (Lipinski definition) is 10. The molecule has 54 heavy (non-hydrogen) atoms. The van der Waals surface area contributed by atoms with Crippen molar-refractivity contribution in [2.75, 3.05) is 38.7 Å². The number of carbonyl (C=O) groups excluding carboxylic acids is 1. The number of aryl methyl sites for hydroxylation is 2. The number of aromatic nitrogens is 5. The second-order valence-electron chi connectivity index (χ2n) is 13.4. The van der Waals surface area contributed by atoms with Gasteiger partial charge < -0.3 is 25.4 Å². The van der Waals surface area contributed by atoms with Gasteiger partial charge in [0.25, 0.3) is 5.56 Å². The number of rotatable bonds is 5. The van der Waals surface area contributed by atoms with Gasteiger partial charge in [-0.1, -0.05) is 41.9 Å². The average Bonchev–Trinajstić information content (AvgIpc) is 3.62. The molecule has 0 radical (unpaired) electrons. The third-order valence-electron chi connectivity index (χ3n) is 9.96. The van der Waals surface area contributed by atoms with E-state index in [-0.39, 0.29) is 29.3 Å². The number of alkyl halides is 3. The molecule has 1 amide bonds. The summed E-state index contributed by atoms with van der Waals surface area (Å²) >= 11 is 7.01. The summed E-state index contributed by atoms with van der Waals surface area (Å²) < 4.78 is 54.0. The summed E-state index contributed by atoms with van der Waals surface area (Å²) in [6.07, 6.45) is -2.07. The molecule has 2 saturated heterocycles. The lowest BCUT2D eigenvalue weighted by molar-refractivity contribution is -0.150. The molecule has 1 spiro atoms. The second kappa shape index (κ2) is 14.2. The van der Waals surface area contributed by atoms with Crippen LogP contribution in [0.1, 0.15) is 28.9 Å². The highest BCUT2D eigenvalue weighted by Crippen LogP contribution is 2.41. The summed E-state index contributed by atoms with van der Waals surface area (Å²) in [6.45, 7) is 4.40. The van der Waals surface area contributed by atoms with Gasteiger partial charge in [0.15, 0.2) is 5.65 Å². The number of amides is 1. The van der Waals surface area contributed by atoms with Gasteiger partial charge in [-0.2, -0.15) is 13.2 Å². The predicted octanol–water partition coefficient (Wildman–Crippen LogP) is 4.45. The average molecular weight is 765 g/mol. The predicted molar refractivity (Wildman–Crippen MR) is 196 cm³/mol. The summed E-state index contributed by atoms with van der Waals surface area (Å²) in [5, 5.41) is 8.97. The Kier molecular flexibility index (Phi) is 9.70. The van der Waals surface area contributed by atoms with Gasteiger partial charge in [0, 0.05) is 56.1 Å². The van der Waals surface area contributed by atoms with E-state index in [9.17, 15) is 27.6 Å². The quantitative estimate of drug-likeness (QED) is 0.234. The molecule has 0 bridgehead atoms. The van der Waals surface area contributed by atoms with Crippen LogP contribution in [-0.2, 0) is 42.6 Å². The fraction of sp³-hybridized carbons (Fsp3) is 0.351. The molecular weight excluding hydrogens is 729 g/mol. The Bertz CT molecular complexity index is 2430. The molecule has 0 unspecified atom stereocenters. The van der Waals surface area contributed by atoms with Gasteiger partial charge in [0.05, 0.1) is 17.8 Å². The summed E-state index contributed by atoms with van der Waals surface area (Å²) in [5.74, 6) is -1.29. The smallest absolute Gasteiger partial charge is 0.451 e. The Morgan fingerprint density at radius 3 is 2.35 bits per heavy atom. The Hall–Kier alpha value is -5.32. The third-order valence-corrected chi connectivity index (χ3v) is 10.4. The second-order valence-corrected chi connectivity index (χ2v) is 13.8. The minimum atomic E-state index is -4.93. The van der Waals surface area contributed by atoms with E-state index in [4.69, 9.17) is 26.1 Å². The third kappa shape index (κ3) is 6.69. The normalized spacial score (nSPS) is 16.0. The van der Waals surface area contributed by atoms with Crippen molar-refractivity contribution >= 4 is 40.0 Å². The Labute approximate surface area is 311 Å². The number of fused-ring (bicyclic) bond motifs is 2. The van der Waals surface area contributed by atoms with Crippen LogP contribution in [0.4, 0.5) is 24.7 Å². The van der Waals surface area contributed by atoms with Gasteiger partial charge in [-0.05, 0) is 55.0 Å². The van der Waals surface area contributed by atoms with Gasteiger partial charge in [-0.15, -0.1) is 0 Å². The maximum atomic E-state index is 13.8. The van der Waals surface area contributed by atoms with Crippen LogP contribution in [0.25, 0.3) is 33.4 Å². The minimum absolute atomic E-state index is 0.00229. The molecule has 2 aromatic carbocycles. The molecule has 3 aliphatic rings. The first-order chi connectivity index (χ1) is 25.7. The first-order valence-electron chi connectivity index (χ1n) is 17.1. The van der Waals surface area contributed by atoms with E-state index in [2.05, 4.69) is 25.9 Å². The van der Waals surface area contributed by atoms with Crippen molar-refractivity contribution in [2.24, 2.45) is 14.1 Å². The van der Waals surface area contributed by atoms with Crippen molar-refractivity contribution in [1.29, 1.82) is 0 Å². The SMILES string of the molecule is COc1nc(-c2cccc(-c3cccc(Nc4nc(C(F)(F)F)nc5c4c(=O)n(C)c(=O)n5C)c3C)c2Cl)cc2c1CCC2.O=C1COC2(CNC2)CN1. The number of pyridine rings is 1. The molecule has 17 heteroatoms. The van der Waals surface area contributed by atoms with Crippen LogP contribution in [0.15, 0.2) is 52.1 Å². The van der Waals surface area contributed by atoms with E-state index < -0.39 is 28.9 Å². The lowest BCUT2D eigenvalue weighted by Gasteiger charge is -2.44. The summed E-state index contributed by atoms with van der Waals surface area (Å²) in [4.78, 5) is 48.1. The van der Waals surface area contributed by atoms with Crippen molar-refractivity contribution in [3.05, 3.63) is 90.8 Å². The maximum absolute atomic E-state index is 13.8. The maximum Gasteiger partial charge on any atom is 0.451 e. The zero-order valence-electron chi connectivity index (χ0n) is 29.8. The number of halogens is 4. The topological polar surface area (TPSA) is 154 Å². The van der Waals surface area contributed by atoms with Gasteiger partial charge in [0.2, 0.25) is 17.6 Å². The van der Waals surface area contributed by atoms with Crippen LogP contribution in [0.3, 0.4) is 0 Å². The highest BCUT2D eigenvalue weighted by molar-refractivity contribution is 6.36. The summed E-state index contributed by atoms with van der Waals surface area (Å²) in [5.41, 5.74) is 3.90. The standard InChI is InChI=1S/C31H26ClF3N6O3.C6H10N2O2/c1-15-17(19-11-6-12-20(24(19)32)22-14-16-8-5-10-18(16)27(37-22)44-4)9-7-13-21(15)36-25-23-26(39-29(38-25)31(33,34)35)40(2)30(43)41(3)28(23)42;9-5-1-10-6(4-8-5)2-7-3-6/h6-7,9,11-14H,5,8,10H2,1-4H3,(H,36,38,39);7H,1-4H2,(H,8,9). The summed E-state index contributed by atoms with van der Waals surface area (Å²) in [7, 11) is 4.07. The van der Waals surface area contributed by atoms with E-state index in [0.717, 1.165) is 47.0 Å². The Balaban J connectivity index is 0.000000386. The van der Waals surface area contributed by atoms with Crippen molar-refractivity contribution < 1.29 is 27.4 Å². The van der Waals surface area contributed by atoms with Gasteiger partial charge in [-0.3, -0.25) is 18.7 Å². The lowest BCUT2D eigenvalue weighted by atomic mass is 9.96. The zero-order valence-corrected chi connectivity index (χ0v) is 30.5. The Morgan fingerprint density at radius 1 is 0.963 bits per heavy atom. The highest BCUT2D eigenvalue weighted by atomic mass is 35.5. The monoisotopic (exact) mass is 764 g/mol. The number of hydrogen-bond donors (Lipinski definition) is 3. The molecule has 13 nitrogen and oxygen atoms in total. The largest absolute Gasteiger partial charge is 0.481 e. The van der Waals surface area contributed by atoms with Crippen molar-refractivity contribution in [3.63, 3.8) is 0 Å². The van der Waals surface area contributed by atoms with Crippen molar-refractivity contribution in [2.45, 2.75) is 38.0 Å². The van der Waals surface area contributed by atoms with E-state index >= 15 is 0 Å². The lowest BCUT2D eigenvalue weighted by Crippen LogP contribution is -2.69. The summed E-state index contributed by atoms with van der Waals surface area (Å²) in [6, 6.07) is 12.8. The molecule has 8 rings (SSSR count). The molecule has 2 fully saturated rings. The minimum Gasteiger partial charge on any atom is -0.481 e. The molecule has 5 heterocycles. The van der Waals surface area contributed by atoms with Crippen LogP contribution in [0, 0.1) is 6.92 Å². The molecule has 0 saturated carbocycles. The molecule has 2 aliphatic heterocycles. The van der Waals surface area contributed by atoms with Gasteiger partial charge in [-0.25, -0.2) is 19.7 Å². The molecule has 5 aromatic rings. The first kappa shape index (κ1) is 37.0. The zero-order chi connectivity index (χ0) is 38.5. The number of methoxy groups -OCH3 is 1. The molecule has 3 N–H and O–H groups in total. The number of carbonyl (C=O) groups is 1. The fourth-order valence-electron chi connectivity index (χ4n) is 6.87. The number of benzene rings is 2. The van der Waals surface area contributed by atoms with Crippen molar-refractivity contribution in [3.8, 4) is 28.3 Å². The number of nitrogens with zero attached hydrogens (tertiary/aromatic N) is 5. The molecule has 0 atom stereocenters. The molecule has 1 aliphatic carbocycles. The van der Waals surface area contributed by atoms with E-state index in [1.54, 1.807) is 26.2 Å². The van der Waals surface area contributed by atoms with Crippen LogP contribution in [-0.4, -0.2) is 68.9 Å². The number of ether oxygens (including phenoxy) is 2. The van der Waals surface area contributed by atoms with Gasteiger partial charge >= 0.3 is 11.9 Å². The van der Waals surface area contributed by atoms with Gasteiger partial charge in [0.1, 0.15) is 23.4 Å². The van der Waals surface area contributed by atoms with Crippen LogP contribution < -0.4 is 31.9 Å². The van der Waals surface area contributed by atoms with E-state index in [1.807, 2.05) is 30.3 Å². The van der Waals surface area contributed by atoms with Crippen molar-refractivity contribution in [1.82, 2.24) is 34.7 Å². The van der Waals surface area contributed by atoms with Crippen LogP contribution in [0.5, 0.6) is 5.88 Å². The molecular formula is C37H36ClF3N8O5. The fourth-order valence-corrected chi connectivity index (χ4v) is 7.19. The number of nitrogens with one attached hydrogen (secondary N) is 3. The highest BCUT2D eigenvalue weighted by Gasteiger charge is 2.41. The number of anilines is 2. The first-order valence-corrected chi connectivity index (χ1v) is 17.5. The molecule has 3 aromatic heterocycles. The Morgan fingerprint density at radius 2 is 1.69 bits per heavy atom. The number of morpholine rings is 1. The van der Waals surface area contributed by atoms with Crippen LogP contribution >= 0.6 is 11.6 Å². The molecule has 282 valence electrons. The van der Waals surface area contributed by atoms with E-state index in [1.165, 1.54) is 19.7 Å².